The number of rotatable bonds is 6. The third kappa shape index (κ3) is 4.32. The van der Waals surface area contributed by atoms with Gasteiger partial charge in [-0.15, -0.1) is 0 Å². The van der Waals surface area contributed by atoms with E-state index >= 15 is 0 Å². The van der Waals surface area contributed by atoms with E-state index in [2.05, 4.69) is 35.2 Å². The van der Waals surface area contributed by atoms with Gasteiger partial charge in [-0.1, -0.05) is 6.92 Å². The van der Waals surface area contributed by atoms with Crippen LogP contribution in [-0.2, 0) is 13.6 Å². The predicted molar refractivity (Wildman–Crippen MR) is 79.0 cm³/mol. The number of hydrogen-bond donors (Lipinski definition) is 1. The molecule has 0 saturated carbocycles. The van der Waals surface area contributed by atoms with Gasteiger partial charge in [-0.2, -0.15) is 5.10 Å². The molecule has 2 atom stereocenters. The first kappa shape index (κ1) is 14.5. The smallest absolute Gasteiger partial charge is 0.0764 e. The maximum absolute atomic E-state index is 4.48. The van der Waals surface area contributed by atoms with Crippen molar-refractivity contribution in [2.75, 3.05) is 19.6 Å². The maximum atomic E-state index is 4.48. The molecular weight excluding hydrogens is 236 g/mol. The van der Waals surface area contributed by atoms with Crippen molar-refractivity contribution in [3.63, 3.8) is 0 Å². The first-order chi connectivity index (χ1) is 9.19. The van der Waals surface area contributed by atoms with Crippen molar-refractivity contribution < 1.29 is 0 Å². The van der Waals surface area contributed by atoms with Crippen molar-refractivity contribution in [3.8, 4) is 0 Å². The largest absolute Gasteiger partial charge is 0.314 e. The van der Waals surface area contributed by atoms with Gasteiger partial charge in [0.2, 0.25) is 0 Å². The van der Waals surface area contributed by atoms with E-state index in [4.69, 9.17) is 0 Å². The van der Waals surface area contributed by atoms with Gasteiger partial charge in [0.25, 0.3) is 0 Å². The van der Waals surface area contributed by atoms with Gasteiger partial charge < -0.3 is 5.32 Å². The van der Waals surface area contributed by atoms with Crippen LogP contribution in [0.1, 0.15) is 38.8 Å². The molecule has 1 fully saturated rings. The molecule has 1 aromatic rings. The average Bonchev–Trinajstić information content (AvgIpc) is 2.81. The van der Waals surface area contributed by atoms with Gasteiger partial charge in [-0.25, -0.2) is 0 Å². The number of hydrogen-bond acceptors (Lipinski definition) is 3. The van der Waals surface area contributed by atoms with Gasteiger partial charge in [0.15, 0.2) is 0 Å². The van der Waals surface area contributed by atoms with E-state index < -0.39 is 0 Å². The lowest BCUT2D eigenvalue weighted by Gasteiger charge is -2.35. The van der Waals surface area contributed by atoms with Gasteiger partial charge in [-0.3, -0.25) is 9.58 Å². The Morgan fingerprint density at radius 1 is 1.53 bits per heavy atom. The van der Waals surface area contributed by atoms with E-state index in [1.807, 2.05) is 17.9 Å². The van der Waals surface area contributed by atoms with E-state index in [1.54, 1.807) is 0 Å². The van der Waals surface area contributed by atoms with E-state index in [-0.39, 0.29) is 0 Å². The van der Waals surface area contributed by atoms with E-state index in [1.165, 1.54) is 38.0 Å². The van der Waals surface area contributed by atoms with Crippen molar-refractivity contribution >= 4 is 0 Å². The van der Waals surface area contributed by atoms with E-state index in [9.17, 15) is 0 Å². The average molecular weight is 264 g/mol. The molecule has 2 rings (SSSR count). The van der Waals surface area contributed by atoms with Crippen LogP contribution in [0.4, 0.5) is 0 Å². The molecule has 1 aliphatic rings. The van der Waals surface area contributed by atoms with Crippen LogP contribution in [0.25, 0.3) is 0 Å². The van der Waals surface area contributed by atoms with E-state index in [0.29, 0.717) is 6.04 Å². The summed E-state index contributed by atoms with van der Waals surface area (Å²) in [6.45, 7) is 9.12. The number of nitrogens with one attached hydrogen (secondary N) is 1. The summed E-state index contributed by atoms with van der Waals surface area (Å²) in [6, 6.07) is 2.76. The number of aromatic nitrogens is 2. The Hall–Kier alpha value is -0.870. The molecule has 1 aromatic heterocycles. The Labute approximate surface area is 117 Å². The standard InChI is InChI=1S/C15H28N4/c1-4-8-16-13(2)14-6-5-9-19(11-14)12-15-7-10-18(3)17-15/h7,10,13-14,16H,4-6,8-9,11-12H2,1-3H3. The van der Waals surface area contributed by atoms with Crippen molar-refractivity contribution in [2.24, 2.45) is 13.0 Å². The van der Waals surface area contributed by atoms with Gasteiger partial charge in [0, 0.05) is 32.4 Å². The summed E-state index contributed by atoms with van der Waals surface area (Å²) in [6.07, 6.45) is 5.92. The maximum Gasteiger partial charge on any atom is 0.0764 e. The zero-order valence-electron chi connectivity index (χ0n) is 12.6. The van der Waals surface area contributed by atoms with Crippen LogP contribution in [0.2, 0.25) is 0 Å². The quantitative estimate of drug-likeness (QED) is 0.853. The number of likely N-dealkylation sites (tertiary alicyclic amines) is 1. The molecule has 19 heavy (non-hydrogen) atoms. The fourth-order valence-electron chi connectivity index (χ4n) is 2.96. The Morgan fingerprint density at radius 2 is 2.37 bits per heavy atom. The Bertz CT molecular complexity index is 374. The van der Waals surface area contributed by atoms with Crippen molar-refractivity contribution in [3.05, 3.63) is 18.0 Å². The minimum absolute atomic E-state index is 0.631. The summed E-state index contributed by atoms with van der Waals surface area (Å²) in [5, 5.41) is 8.13. The van der Waals surface area contributed by atoms with Gasteiger partial charge in [-0.05, 0) is 51.3 Å². The van der Waals surface area contributed by atoms with Crippen LogP contribution in [0.3, 0.4) is 0 Å². The highest BCUT2D eigenvalue weighted by molar-refractivity contribution is 4.99. The second-order valence-electron chi connectivity index (χ2n) is 5.86. The van der Waals surface area contributed by atoms with Crippen LogP contribution in [-0.4, -0.2) is 40.4 Å². The molecule has 0 aliphatic carbocycles. The normalized spacial score (nSPS) is 22.6. The van der Waals surface area contributed by atoms with Crippen molar-refractivity contribution in [2.45, 2.75) is 45.7 Å². The summed E-state index contributed by atoms with van der Waals surface area (Å²) >= 11 is 0. The van der Waals surface area contributed by atoms with Crippen molar-refractivity contribution in [1.82, 2.24) is 20.0 Å². The van der Waals surface area contributed by atoms with Crippen molar-refractivity contribution in [1.29, 1.82) is 0 Å². The monoisotopic (exact) mass is 264 g/mol. The topological polar surface area (TPSA) is 33.1 Å². The molecule has 0 bridgehead atoms. The summed E-state index contributed by atoms with van der Waals surface area (Å²) in [4.78, 5) is 2.56. The minimum atomic E-state index is 0.631. The van der Waals surface area contributed by atoms with Crippen LogP contribution >= 0.6 is 0 Å². The Kier molecular flexibility index (Phi) is 5.40. The van der Waals surface area contributed by atoms with Crippen LogP contribution in [0.5, 0.6) is 0 Å². The van der Waals surface area contributed by atoms with Gasteiger partial charge in [0.1, 0.15) is 0 Å². The molecule has 1 N–H and O–H groups in total. The number of piperidine rings is 1. The molecule has 4 heteroatoms. The van der Waals surface area contributed by atoms with Gasteiger partial charge >= 0.3 is 0 Å². The SMILES string of the molecule is CCCNC(C)C1CCCN(Cc2ccn(C)n2)C1. The summed E-state index contributed by atoms with van der Waals surface area (Å²) < 4.78 is 1.89. The summed E-state index contributed by atoms with van der Waals surface area (Å²) in [5.41, 5.74) is 1.19. The fraction of sp³-hybridized carbons (Fsp3) is 0.800. The summed E-state index contributed by atoms with van der Waals surface area (Å²) in [7, 11) is 1.99. The molecule has 0 radical (unpaired) electrons. The second-order valence-corrected chi connectivity index (χ2v) is 5.86. The lowest BCUT2D eigenvalue weighted by Crippen LogP contribution is -2.44. The van der Waals surface area contributed by atoms with Gasteiger partial charge in [0.05, 0.1) is 5.69 Å². The third-order valence-electron chi connectivity index (χ3n) is 4.12. The molecule has 0 aromatic carbocycles. The first-order valence-corrected chi connectivity index (χ1v) is 7.63. The molecule has 108 valence electrons. The molecule has 1 saturated heterocycles. The molecule has 4 nitrogen and oxygen atoms in total. The van der Waals surface area contributed by atoms with Crippen LogP contribution in [0, 0.1) is 5.92 Å². The molecule has 1 aliphatic heterocycles. The van der Waals surface area contributed by atoms with E-state index in [0.717, 1.165) is 19.0 Å². The van der Waals surface area contributed by atoms with Crippen LogP contribution < -0.4 is 5.32 Å². The third-order valence-corrected chi connectivity index (χ3v) is 4.12. The number of nitrogens with zero attached hydrogens (tertiary/aromatic N) is 3. The predicted octanol–water partition coefficient (Wildman–Crippen LogP) is 2.02. The molecule has 0 amide bonds. The molecule has 2 heterocycles. The second kappa shape index (κ2) is 7.06. The highest BCUT2D eigenvalue weighted by Crippen LogP contribution is 2.21. The molecule has 0 spiro atoms. The highest BCUT2D eigenvalue weighted by atomic mass is 15.3. The fourth-order valence-corrected chi connectivity index (χ4v) is 2.96. The zero-order valence-corrected chi connectivity index (χ0v) is 12.6. The molecular formula is C15H28N4. The highest BCUT2D eigenvalue weighted by Gasteiger charge is 2.24. The lowest BCUT2D eigenvalue weighted by atomic mass is 9.91. The van der Waals surface area contributed by atoms with Crippen LogP contribution in [0.15, 0.2) is 12.3 Å². The minimum Gasteiger partial charge on any atom is -0.314 e. The lowest BCUT2D eigenvalue weighted by molar-refractivity contribution is 0.143. The first-order valence-electron chi connectivity index (χ1n) is 7.63. The zero-order chi connectivity index (χ0) is 13.7. The summed E-state index contributed by atoms with van der Waals surface area (Å²) in [5.74, 6) is 0.781. The Morgan fingerprint density at radius 3 is 3.05 bits per heavy atom. The number of aryl methyl sites for hydroxylation is 1. The molecule has 2 unspecified atom stereocenters. The Balaban J connectivity index is 1.83.